The van der Waals surface area contributed by atoms with E-state index in [1.807, 2.05) is 18.3 Å². The highest BCUT2D eigenvalue weighted by atomic mass is 16.5. The van der Waals surface area contributed by atoms with E-state index in [0.717, 1.165) is 45.4 Å². The molecule has 1 aliphatic carbocycles. The van der Waals surface area contributed by atoms with Crippen LogP contribution >= 0.6 is 0 Å². The van der Waals surface area contributed by atoms with Gasteiger partial charge in [-0.25, -0.2) is 9.98 Å². The first kappa shape index (κ1) is 30.4. The fourth-order valence-corrected chi connectivity index (χ4v) is 8.09. The van der Waals surface area contributed by atoms with Crippen molar-refractivity contribution in [2.75, 3.05) is 4.90 Å². The molecule has 0 radical (unpaired) electrons. The summed E-state index contributed by atoms with van der Waals surface area (Å²) < 4.78 is 13.4. The van der Waals surface area contributed by atoms with Crippen molar-refractivity contribution >= 4 is 23.1 Å². The van der Waals surface area contributed by atoms with Crippen LogP contribution in [-0.2, 0) is 10.2 Å². The van der Waals surface area contributed by atoms with Gasteiger partial charge in [0.15, 0.2) is 6.10 Å². The molecule has 5 heteroatoms. The van der Waals surface area contributed by atoms with E-state index in [-0.39, 0.29) is 17.6 Å². The van der Waals surface area contributed by atoms with Crippen LogP contribution in [-0.4, -0.2) is 10.9 Å². The minimum absolute atomic E-state index is 0.103. The summed E-state index contributed by atoms with van der Waals surface area (Å²) in [5.41, 5.74) is 14.9. The molecule has 0 bridgehead atoms. The first-order valence-electron chi connectivity index (χ1n) is 17.4. The van der Waals surface area contributed by atoms with E-state index in [0.29, 0.717) is 5.90 Å². The SMILES string of the molecule is Cc1cc(Oc2cc(C)cc(N3c4ccccc4C(C)(C)c4cccnc43)c2)cc(C2=N[C@@H]3c4ccc(C)cc4-c4cc(C)ccc4[C@@H]3O2)c1. The fourth-order valence-electron chi connectivity index (χ4n) is 8.09. The van der Waals surface area contributed by atoms with Crippen molar-refractivity contribution in [1.82, 2.24) is 4.98 Å². The van der Waals surface area contributed by atoms with Crippen LogP contribution < -0.4 is 9.64 Å². The molecule has 0 saturated carbocycles. The molecule has 6 aromatic rings. The highest BCUT2D eigenvalue weighted by Gasteiger charge is 2.41. The third-order valence-electron chi connectivity index (χ3n) is 10.4. The molecular formula is C45H39N3O2. The van der Waals surface area contributed by atoms with E-state index < -0.39 is 0 Å². The maximum Gasteiger partial charge on any atom is 0.217 e. The predicted molar refractivity (Wildman–Crippen MR) is 201 cm³/mol. The second kappa shape index (κ2) is 11.2. The average molecular weight is 654 g/mol. The topological polar surface area (TPSA) is 47.0 Å². The molecule has 0 spiro atoms. The van der Waals surface area contributed by atoms with Gasteiger partial charge in [0.05, 0.1) is 11.4 Å². The molecule has 0 N–H and O–H groups in total. The van der Waals surface area contributed by atoms with Crippen LogP contribution in [0.4, 0.5) is 17.2 Å². The van der Waals surface area contributed by atoms with Gasteiger partial charge in [0.1, 0.15) is 23.4 Å². The van der Waals surface area contributed by atoms with E-state index in [9.17, 15) is 0 Å². The van der Waals surface area contributed by atoms with Crippen LogP contribution in [0.3, 0.4) is 0 Å². The third kappa shape index (κ3) is 4.83. The molecule has 246 valence electrons. The van der Waals surface area contributed by atoms with Gasteiger partial charge >= 0.3 is 0 Å². The lowest BCUT2D eigenvalue weighted by Crippen LogP contribution is -2.31. The maximum atomic E-state index is 6.75. The molecule has 0 fully saturated rings. The second-order valence-corrected chi connectivity index (χ2v) is 14.6. The van der Waals surface area contributed by atoms with Crippen molar-refractivity contribution in [3.63, 3.8) is 0 Å². The number of hydrogen-bond acceptors (Lipinski definition) is 5. The summed E-state index contributed by atoms with van der Waals surface area (Å²) in [6, 6.07) is 38.7. The molecule has 1 aromatic heterocycles. The largest absolute Gasteiger partial charge is 0.467 e. The highest BCUT2D eigenvalue weighted by Crippen LogP contribution is 2.53. The number of hydrogen-bond donors (Lipinski definition) is 0. The Labute approximate surface area is 293 Å². The summed E-state index contributed by atoms with van der Waals surface area (Å²) in [5.74, 6) is 3.09. The lowest BCUT2D eigenvalue weighted by Gasteiger charge is -2.41. The number of aryl methyl sites for hydroxylation is 4. The molecular weight excluding hydrogens is 615 g/mol. The van der Waals surface area contributed by atoms with Crippen molar-refractivity contribution in [1.29, 1.82) is 0 Å². The van der Waals surface area contributed by atoms with E-state index in [1.54, 1.807) is 0 Å². The number of fused-ring (bicyclic) bond motifs is 8. The van der Waals surface area contributed by atoms with Crippen molar-refractivity contribution in [2.45, 2.75) is 59.1 Å². The summed E-state index contributed by atoms with van der Waals surface area (Å²) in [7, 11) is 0. The summed E-state index contributed by atoms with van der Waals surface area (Å²) in [5, 5.41) is 0. The van der Waals surface area contributed by atoms with E-state index in [1.165, 1.54) is 44.5 Å². The Balaban J connectivity index is 1.08. The molecule has 3 aliphatic rings. The number of aromatic nitrogens is 1. The molecule has 2 atom stereocenters. The molecule has 50 heavy (non-hydrogen) atoms. The lowest BCUT2D eigenvalue weighted by molar-refractivity contribution is 0.195. The van der Waals surface area contributed by atoms with Gasteiger partial charge in [-0.1, -0.05) is 85.6 Å². The maximum absolute atomic E-state index is 6.75. The molecule has 5 nitrogen and oxygen atoms in total. The predicted octanol–water partition coefficient (Wildman–Crippen LogP) is 11.5. The van der Waals surface area contributed by atoms with Crippen LogP contribution in [0.25, 0.3) is 11.1 Å². The van der Waals surface area contributed by atoms with Crippen molar-refractivity contribution < 1.29 is 9.47 Å². The normalized spacial score (nSPS) is 17.8. The zero-order valence-electron chi connectivity index (χ0n) is 29.3. The van der Waals surface area contributed by atoms with Gasteiger partial charge in [-0.2, -0.15) is 0 Å². The van der Waals surface area contributed by atoms with Gasteiger partial charge in [-0.3, -0.25) is 4.90 Å². The van der Waals surface area contributed by atoms with E-state index in [4.69, 9.17) is 19.5 Å². The van der Waals surface area contributed by atoms with Gasteiger partial charge < -0.3 is 9.47 Å². The van der Waals surface area contributed by atoms with Gasteiger partial charge in [-0.15, -0.1) is 0 Å². The number of aliphatic imine (C=N–C) groups is 1. The van der Waals surface area contributed by atoms with Gasteiger partial charge in [0.2, 0.25) is 5.90 Å². The van der Waals surface area contributed by atoms with Crippen molar-refractivity contribution in [2.24, 2.45) is 4.99 Å². The zero-order chi connectivity index (χ0) is 34.3. The summed E-state index contributed by atoms with van der Waals surface area (Å²) >= 11 is 0. The summed E-state index contributed by atoms with van der Waals surface area (Å²) in [6.45, 7) is 13.0. The minimum atomic E-state index is -0.178. The monoisotopic (exact) mass is 653 g/mol. The third-order valence-corrected chi connectivity index (χ3v) is 10.4. The molecule has 0 unspecified atom stereocenters. The summed E-state index contributed by atoms with van der Waals surface area (Å²) in [4.78, 5) is 12.4. The van der Waals surface area contributed by atoms with Gasteiger partial charge in [0, 0.05) is 34.4 Å². The van der Waals surface area contributed by atoms with Crippen LogP contribution in [0.2, 0.25) is 0 Å². The van der Waals surface area contributed by atoms with Crippen molar-refractivity contribution in [3.8, 4) is 22.6 Å². The smallest absolute Gasteiger partial charge is 0.217 e. The Morgan fingerprint density at radius 1 is 0.660 bits per heavy atom. The molecule has 0 saturated heterocycles. The van der Waals surface area contributed by atoms with Crippen LogP contribution in [0.5, 0.6) is 11.5 Å². The number of nitrogens with zero attached hydrogens (tertiary/aromatic N) is 3. The van der Waals surface area contributed by atoms with E-state index in [2.05, 4.69) is 144 Å². The van der Waals surface area contributed by atoms with Crippen LogP contribution in [0.15, 0.2) is 120 Å². The first-order valence-corrected chi connectivity index (χ1v) is 17.4. The Morgan fingerprint density at radius 2 is 1.34 bits per heavy atom. The number of pyridine rings is 1. The first-order chi connectivity index (χ1) is 24.1. The quantitative estimate of drug-likeness (QED) is 0.190. The van der Waals surface area contributed by atoms with Crippen LogP contribution in [0.1, 0.15) is 76.1 Å². The Morgan fingerprint density at radius 3 is 2.14 bits per heavy atom. The standard InChI is InChI=1S/C45H39N3O2/c1-26-13-15-34-36(22-26)37-23-27(2)14-16-35(37)42-41(34)47-44(50-42)30-18-28(3)20-32(24-30)49-33-21-29(4)19-31(25-33)48-40-12-8-7-10-38(40)45(5,6)39-11-9-17-46-43(39)48/h7-25,41-42H,1-6H3/t41-,42+/m1/s1. The molecule has 3 heterocycles. The Hall–Kier alpha value is -5.68. The average Bonchev–Trinajstić information content (AvgIpc) is 3.54. The van der Waals surface area contributed by atoms with E-state index >= 15 is 0 Å². The molecule has 5 aromatic carbocycles. The van der Waals surface area contributed by atoms with Gasteiger partial charge in [-0.05, 0) is 104 Å². The van der Waals surface area contributed by atoms with Crippen LogP contribution in [0, 0.1) is 27.7 Å². The molecule has 0 amide bonds. The zero-order valence-corrected chi connectivity index (χ0v) is 29.3. The molecule has 2 aliphatic heterocycles. The number of benzene rings is 5. The lowest BCUT2D eigenvalue weighted by atomic mass is 9.74. The summed E-state index contributed by atoms with van der Waals surface area (Å²) in [6.07, 6.45) is 1.70. The number of para-hydroxylation sites is 1. The van der Waals surface area contributed by atoms with Crippen molar-refractivity contribution in [3.05, 3.63) is 165 Å². The minimum Gasteiger partial charge on any atom is -0.467 e. The second-order valence-electron chi connectivity index (χ2n) is 14.6. The van der Waals surface area contributed by atoms with Gasteiger partial charge in [0.25, 0.3) is 0 Å². The number of ether oxygens (including phenoxy) is 2. The Bertz CT molecular complexity index is 2340. The Kier molecular flexibility index (Phi) is 6.79. The highest BCUT2D eigenvalue weighted by molar-refractivity contribution is 5.97. The number of rotatable bonds is 4. The fraction of sp³-hybridized carbons (Fsp3) is 0.200. The molecule has 9 rings (SSSR count). The number of anilines is 3.